The molecular weight excluding hydrogens is 332 g/mol. The number of nitrogens with zero attached hydrogens (tertiary/aromatic N) is 1. The summed E-state index contributed by atoms with van der Waals surface area (Å²) in [6.45, 7) is 2.06. The molecule has 0 radical (unpaired) electrons. The van der Waals surface area contributed by atoms with Gasteiger partial charge in [0.2, 0.25) is 0 Å². The van der Waals surface area contributed by atoms with Gasteiger partial charge >= 0.3 is 0 Å². The molecule has 4 rings (SSSR count). The maximum absolute atomic E-state index is 13.1. The summed E-state index contributed by atoms with van der Waals surface area (Å²) in [7, 11) is 0. The van der Waals surface area contributed by atoms with E-state index >= 15 is 0 Å². The van der Waals surface area contributed by atoms with Crippen LogP contribution in [0.25, 0.3) is 10.9 Å². The Morgan fingerprint density at radius 1 is 1.04 bits per heavy atom. The lowest BCUT2D eigenvalue weighted by molar-refractivity contribution is 0.0868. The first kappa shape index (κ1) is 17.7. The Morgan fingerprint density at radius 2 is 1.81 bits per heavy atom. The number of aromatic nitrogens is 1. The smallest absolute Gasteiger partial charge is 0.253 e. The highest BCUT2D eigenvalue weighted by Gasteiger charge is 2.34. The highest BCUT2D eigenvalue weighted by molar-refractivity contribution is 5.97. The van der Waals surface area contributed by atoms with Crippen LogP contribution in [-0.2, 0) is 6.42 Å². The van der Waals surface area contributed by atoms with E-state index in [0.717, 1.165) is 30.2 Å². The third kappa shape index (κ3) is 4.02. The van der Waals surface area contributed by atoms with Gasteiger partial charge < -0.3 is 5.32 Å². The van der Waals surface area contributed by atoms with Crippen molar-refractivity contribution < 1.29 is 4.79 Å². The van der Waals surface area contributed by atoms with Gasteiger partial charge in [-0.1, -0.05) is 61.2 Å². The van der Waals surface area contributed by atoms with Crippen molar-refractivity contribution >= 4 is 16.8 Å². The van der Waals surface area contributed by atoms with Crippen molar-refractivity contribution in [1.29, 1.82) is 0 Å². The van der Waals surface area contributed by atoms with Crippen LogP contribution in [0, 0.1) is 6.92 Å². The predicted molar refractivity (Wildman–Crippen MR) is 110 cm³/mol. The number of nitrogens with one attached hydrogen (secondary N) is 1. The lowest BCUT2D eigenvalue weighted by atomic mass is 9.77. The van der Waals surface area contributed by atoms with Gasteiger partial charge in [-0.25, -0.2) is 0 Å². The Labute approximate surface area is 160 Å². The van der Waals surface area contributed by atoms with Crippen LogP contribution in [0.4, 0.5) is 0 Å². The Kier molecular flexibility index (Phi) is 4.93. The first-order chi connectivity index (χ1) is 13.1. The fourth-order valence-electron chi connectivity index (χ4n) is 4.25. The average Bonchev–Trinajstić information content (AvgIpc) is 2.68. The third-order valence-electron chi connectivity index (χ3n) is 5.67. The van der Waals surface area contributed by atoms with E-state index in [4.69, 9.17) is 0 Å². The summed E-state index contributed by atoms with van der Waals surface area (Å²) in [5.74, 6) is -0.0104. The minimum atomic E-state index is -0.155. The van der Waals surface area contributed by atoms with E-state index in [1.807, 2.05) is 24.3 Å². The lowest BCUT2D eigenvalue weighted by Crippen LogP contribution is -2.51. The maximum Gasteiger partial charge on any atom is 0.253 e. The van der Waals surface area contributed by atoms with Gasteiger partial charge in [0.15, 0.2) is 0 Å². The first-order valence-corrected chi connectivity index (χ1v) is 9.86. The van der Waals surface area contributed by atoms with Gasteiger partial charge in [-0.3, -0.25) is 9.78 Å². The molecule has 27 heavy (non-hydrogen) atoms. The Balaban J connectivity index is 1.59. The standard InChI is InChI=1S/C24H26N2O/c1-18-10-11-22-20(14-18)15-21(17-25-22)23(27)26-24(12-6-3-7-13-24)16-19-8-4-2-5-9-19/h2,4-5,8-11,14-15,17H,3,6-7,12-13,16H2,1H3,(H,26,27). The monoisotopic (exact) mass is 358 g/mol. The maximum atomic E-state index is 13.1. The van der Waals surface area contributed by atoms with Crippen molar-refractivity contribution in [3.63, 3.8) is 0 Å². The number of carbonyl (C=O) groups is 1. The van der Waals surface area contributed by atoms with Crippen LogP contribution in [0.1, 0.15) is 53.6 Å². The van der Waals surface area contributed by atoms with Crippen molar-refractivity contribution in [3.05, 3.63) is 77.5 Å². The van der Waals surface area contributed by atoms with E-state index in [-0.39, 0.29) is 11.4 Å². The SMILES string of the molecule is Cc1ccc2ncc(C(=O)NC3(Cc4ccccc4)CCCCC3)cc2c1. The molecule has 2 aromatic carbocycles. The molecule has 0 bridgehead atoms. The number of rotatable bonds is 4. The summed E-state index contributed by atoms with van der Waals surface area (Å²) < 4.78 is 0. The van der Waals surface area contributed by atoms with Crippen LogP contribution in [0.3, 0.4) is 0 Å². The van der Waals surface area contributed by atoms with E-state index < -0.39 is 0 Å². The van der Waals surface area contributed by atoms with Crippen molar-refractivity contribution in [2.75, 3.05) is 0 Å². The average molecular weight is 358 g/mol. The molecule has 138 valence electrons. The molecule has 0 aliphatic heterocycles. The normalized spacial score (nSPS) is 16.2. The summed E-state index contributed by atoms with van der Waals surface area (Å²) in [4.78, 5) is 17.6. The van der Waals surface area contributed by atoms with Crippen molar-refractivity contribution in [2.45, 2.75) is 51.0 Å². The Morgan fingerprint density at radius 3 is 2.59 bits per heavy atom. The summed E-state index contributed by atoms with van der Waals surface area (Å²) in [5.41, 5.74) is 3.87. The van der Waals surface area contributed by atoms with Gasteiger partial charge in [-0.2, -0.15) is 0 Å². The van der Waals surface area contributed by atoms with Crippen LogP contribution in [0.15, 0.2) is 60.8 Å². The van der Waals surface area contributed by atoms with Crippen LogP contribution in [0.5, 0.6) is 0 Å². The lowest BCUT2D eigenvalue weighted by Gasteiger charge is -2.38. The molecule has 0 atom stereocenters. The first-order valence-electron chi connectivity index (χ1n) is 9.86. The molecule has 3 nitrogen and oxygen atoms in total. The van der Waals surface area contributed by atoms with Gasteiger partial charge in [0.25, 0.3) is 5.91 Å². The minimum absolute atomic E-state index is 0.0104. The van der Waals surface area contributed by atoms with Gasteiger partial charge in [0.1, 0.15) is 0 Å². The zero-order valence-corrected chi connectivity index (χ0v) is 15.9. The molecular formula is C24H26N2O. The predicted octanol–water partition coefficient (Wildman–Crippen LogP) is 5.22. The molecule has 1 heterocycles. The van der Waals surface area contributed by atoms with E-state index in [1.54, 1.807) is 6.20 Å². The third-order valence-corrected chi connectivity index (χ3v) is 5.67. The molecule has 3 aromatic rings. The zero-order chi connectivity index (χ0) is 18.7. The van der Waals surface area contributed by atoms with E-state index in [9.17, 15) is 4.79 Å². The summed E-state index contributed by atoms with van der Waals surface area (Å²) in [6, 6.07) is 18.6. The topological polar surface area (TPSA) is 42.0 Å². The second kappa shape index (κ2) is 7.51. The van der Waals surface area contributed by atoms with Crippen LogP contribution in [0.2, 0.25) is 0 Å². The minimum Gasteiger partial charge on any atom is -0.346 e. The van der Waals surface area contributed by atoms with Gasteiger partial charge in [0.05, 0.1) is 11.1 Å². The number of aryl methyl sites for hydroxylation is 1. The number of fused-ring (bicyclic) bond motifs is 1. The molecule has 1 aromatic heterocycles. The molecule has 0 spiro atoms. The number of benzene rings is 2. The molecule has 1 fully saturated rings. The van der Waals surface area contributed by atoms with E-state index in [0.29, 0.717) is 5.56 Å². The summed E-state index contributed by atoms with van der Waals surface area (Å²) >= 11 is 0. The fraction of sp³-hybridized carbons (Fsp3) is 0.333. The van der Waals surface area contributed by atoms with Gasteiger partial charge in [-0.05, 0) is 49.9 Å². The van der Waals surface area contributed by atoms with E-state index in [1.165, 1.54) is 30.4 Å². The second-order valence-electron chi connectivity index (χ2n) is 7.88. The number of hydrogen-bond donors (Lipinski definition) is 1. The molecule has 0 unspecified atom stereocenters. The second-order valence-corrected chi connectivity index (χ2v) is 7.88. The zero-order valence-electron chi connectivity index (χ0n) is 15.9. The quantitative estimate of drug-likeness (QED) is 0.695. The Bertz CT molecular complexity index is 943. The summed E-state index contributed by atoms with van der Waals surface area (Å²) in [5, 5.41) is 4.41. The number of pyridine rings is 1. The highest BCUT2D eigenvalue weighted by atomic mass is 16.1. The Hall–Kier alpha value is -2.68. The molecule has 1 aliphatic rings. The molecule has 0 saturated heterocycles. The number of carbonyl (C=O) groups excluding carboxylic acids is 1. The van der Waals surface area contributed by atoms with Gasteiger partial charge in [0, 0.05) is 17.1 Å². The molecule has 1 saturated carbocycles. The number of amides is 1. The number of hydrogen-bond acceptors (Lipinski definition) is 2. The van der Waals surface area contributed by atoms with Crippen molar-refractivity contribution in [1.82, 2.24) is 10.3 Å². The molecule has 3 heteroatoms. The molecule has 1 aliphatic carbocycles. The van der Waals surface area contributed by atoms with Crippen LogP contribution >= 0.6 is 0 Å². The van der Waals surface area contributed by atoms with E-state index in [2.05, 4.69) is 47.6 Å². The largest absolute Gasteiger partial charge is 0.346 e. The summed E-state index contributed by atoms with van der Waals surface area (Å²) in [6.07, 6.45) is 8.25. The molecule has 1 N–H and O–H groups in total. The van der Waals surface area contributed by atoms with Crippen molar-refractivity contribution in [2.24, 2.45) is 0 Å². The van der Waals surface area contributed by atoms with Crippen LogP contribution in [-0.4, -0.2) is 16.4 Å². The molecule has 1 amide bonds. The van der Waals surface area contributed by atoms with Gasteiger partial charge in [-0.15, -0.1) is 0 Å². The van der Waals surface area contributed by atoms with Crippen molar-refractivity contribution in [3.8, 4) is 0 Å². The fourth-order valence-corrected chi connectivity index (χ4v) is 4.25. The van der Waals surface area contributed by atoms with Crippen LogP contribution < -0.4 is 5.32 Å². The highest BCUT2D eigenvalue weighted by Crippen LogP contribution is 2.32.